The Kier molecular flexibility index (Phi) is 2.84. The molecule has 0 spiro atoms. The van der Waals surface area contributed by atoms with Crippen LogP contribution in [0.5, 0.6) is 5.88 Å². The minimum absolute atomic E-state index is 0.359. The van der Waals surface area contributed by atoms with Crippen molar-refractivity contribution >= 4 is 17.0 Å². The largest absolute Gasteiger partial charge is 0.480 e. The van der Waals surface area contributed by atoms with Crippen LogP contribution in [0.1, 0.15) is 0 Å². The third kappa shape index (κ3) is 2.13. The molecule has 2 N–H and O–H groups in total. The van der Waals surface area contributed by atoms with E-state index >= 15 is 0 Å². The van der Waals surface area contributed by atoms with Crippen molar-refractivity contribution in [1.29, 1.82) is 0 Å². The van der Waals surface area contributed by atoms with Gasteiger partial charge in [0.1, 0.15) is 10.6 Å². The zero-order valence-corrected chi connectivity index (χ0v) is 10.7. The maximum Gasteiger partial charge on any atom is 0.270 e. The second-order valence-corrected chi connectivity index (χ2v) is 4.51. The van der Waals surface area contributed by atoms with Crippen molar-refractivity contribution in [2.45, 2.75) is 0 Å². The lowest BCUT2D eigenvalue weighted by Gasteiger charge is -1.96. The van der Waals surface area contributed by atoms with Gasteiger partial charge in [0.05, 0.1) is 12.8 Å². The monoisotopic (exact) mass is 275 g/mol. The summed E-state index contributed by atoms with van der Waals surface area (Å²) in [5, 5.41) is 13.5. The topological polar surface area (TPSA) is 100.0 Å². The van der Waals surface area contributed by atoms with Crippen LogP contribution in [0.25, 0.3) is 22.3 Å². The summed E-state index contributed by atoms with van der Waals surface area (Å²) in [4.78, 5) is 5.00. The molecule has 0 radical (unpaired) electrons. The van der Waals surface area contributed by atoms with Gasteiger partial charge in [-0.2, -0.15) is 4.98 Å². The minimum Gasteiger partial charge on any atom is -0.480 e. The van der Waals surface area contributed by atoms with E-state index in [1.807, 2.05) is 5.38 Å². The summed E-state index contributed by atoms with van der Waals surface area (Å²) in [6.07, 6.45) is 0. The second-order valence-electron chi connectivity index (χ2n) is 3.59. The lowest BCUT2D eigenvalue weighted by Crippen LogP contribution is -1.93. The van der Waals surface area contributed by atoms with Crippen LogP contribution in [-0.4, -0.2) is 27.4 Å². The number of aromatic nitrogens is 4. The molecule has 0 aliphatic heterocycles. The Labute approximate surface area is 112 Å². The Bertz CT molecular complexity index is 691. The van der Waals surface area contributed by atoms with Gasteiger partial charge < -0.3 is 15.0 Å². The Morgan fingerprint density at radius 1 is 1.26 bits per heavy atom. The predicted octanol–water partition coefficient (Wildman–Crippen LogP) is 1.85. The van der Waals surface area contributed by atoms with Gasteiger partial charge in [-0.1, -0.05) is 5.16 Å². The van der Waals surface area contributed by atoms with Gasteiger partial charge in [-0.05, 0) is 17.5 Å². The summed E-state index contributed by atoms with van der Waals surface area (Å²) in [7, 11) is 1.52. The van der Waals surface area contributed by atoms with Gasteiger partial charge in [0.15, 0.2) is 0 Å². The molecule has 3 aromatic rings. The van der Waals surface area contributed by atoms with E-state index in [1.165, 1.54) is 18.4 Å². The zero-order chi connectivity index (χ0) is 13.2. The second kappa shape index (κ2) is 4.65. The van der Waals surface area contributed by atoms with E-state index in [9.17, 15) is 0 Å². The zero-order valence-electron chi connectivity index (χ0n) is 9.90. The smallest absolute Gasteiger partial charge is 0.270 e. The molecule has 0 fully saturated rings. The third-order valence-electron chi connectivity index (χ3n) is 2.39. The number of ether oxygens (including phenoxy) is 1. The summed E-state index contributed by atoms with van der Waals surface area (Å²) < 4.78 is 10.1. The highest BCUT2D eigenvalue weighted by Gasteiger charge is 2.15. The SMILES string of the molecule is COc1ccc(-c2noc(-c3sccc3N)n2)nn1. The molecule has 0 aromatic carbocycles. The first-order valence-electron chi connectivity index (χ1n) is 5.33. The van der Waals surface area contributed by atoms with Crippen LogP contribution in [-0.2, 0) is 0 Å². The van der Waals surface area contributed by atoms with Crippen LogP contribution >= 0.6 is 11.3 Å². The van der Waals surface area contributed by atoms with Gasteiger partial charge in [-0.3, -0.25) is 0 Å². The molecule has 19 heavy (non-hydrogen) atoms. The Balaban J connectivity index is 1.94. The van der Waals surface area contributed by atoms with E-state index in [0.717, 1.165) is 4.88 Å². The normalized spacial score (nSPS) is 10.6. The van der Waals surface area contributed by atoms with Gasteiger partial charge >= 0.3 is 0 Å². The third-order valence-corrected chi connectivity index (χ3v) is 3.31. The molecule has 0 saturated heterocycles. The Hall–Kier alpha value is -2.48. The van der Waals surface area contributed by atoms with E-state index in [1.54, 1.807) is 18.2 Å². The van der Waals surface area contributed by atoms with E-state index in [4.69, 9.17) is 15.0 Å². The van der Waals surface area contributed by atoms with Crippen molar-refractivity contribution < 1.29 is 9.26 Å². The average molecular weight is 275 g/mol. The van der Waals surface area contributed by atoms with Crippen LogP contribution in [0, 0.1) is 0 Å². The van der Waals surface area contributed by atoms with Gasteiger partial charge in [-0.25, -0.2) is 0 Å². The lowest BCUT2D eigenvalue weighted by atomic mass is 10.3. The van der Waals surface area contributed by atoms with E-state index in [0.29, 0.717) is 29.0 Å². The molecule has 3 aromatic heterocycles. The molecule has 0 aliphatic carbocycles. The number of nitrogen functional groups attached to an aromatic ring is 1. The molecule has 3 heterocycles. The number of hydrogen-bond acceptors (Lipinski definition) is 8. The summed E-state index contributed by atoms with van der Waals surface area (Å²) in [6.45, 7) is 0. The van der Waals surface area contributed by atoms with Crippen LogP contribution in [0.4, 0.5) is 5.69 Å². The Morgan fingerprint density at radius 2 is 2.16 bits per heavy atom. The number of nitrogens with zero attached hydrogens (tertiary/aromatic N) is 4. The molecule has 0 saturated carbocycles. The standard InChI is InChI=1S/C11H9N5O2S/c1-17-8-3-2-7(14-15-8)10-13-11(18-16-10)9-6(12)4-5-19-9/h2-5H,12H2,1H3. The van der Waals surface area contributed by atoms with Gasteiger partial charge in [0.25, 0.3) is 5.89 Å². The van der Waals surface area contributed by atoms with Crippen LogP contribution < -0.4 is 10.5 Å². The number of methoxy groups -OCH3 is 1. The lowest BCUT2D eigenvalue weighted by molar-refractivity contribution is 0.392. The molecule has 0 bridgehead atoms. The minimum atomic E-state index is 0.359. The molecular formula is C11H9N5O2S. The average Bonchev–Trinajstić information content (AvgIpc) is 3.07. The quantitative estimate of drug-likeness (QED) is 0.778. The van der Waals surface area contributed by atoms with Crippen LogP contribution in [0.3, 0.4) is 0 Å². The fourth-order valence-corrected chi connectivity index (χ4v) is 2.20. The first kappa shape index (κ1) is 11.6. The molecule has 96 valence electrons. The molecule has 0 aliphatic rings. The molecule has 7 nitrogen and oxygen atoms in total. The first-order chi connectivity index (χ1) is 9.28. The van der Waals surface area contributed by atoms with Crippen molar-refractivity contribution in [2.24, 2.45) is 0 Å². The van der Waals surface area contributed by atoms with Crippen molar-refractivity contribution in [3.63, 3.8) is 0 Å². The number of rotatable bonds is 3. The van der Waals surface area contributed by atoms with Gasteiger partial charge in [0, 0.05) is 6.07 Å². The van der Waals surface area contributed by atoms with Crippen LogP contribution in [0.15, 0.2) is 28.1 Å². The maximum absolute atomic E-state index is 5.80. The van der Waals surface area contributed by atoms with E-state index < -0.39 is 0 Å². The van der Waals surface area contributed by atoms with Crippen molar-refractivity contribution in [3.8, 4) is 28.2 Å². The predicted molar refractivity (Wildman–Crippen MR) is 69.6 cm³/mol. The van der Waals surface area contributed by atoms with Gasteiger partial charge in [-0.15, -0.1) is 21.5 Å². The van der Waals surface area contributed by atoms with E-state index in [-0.39, 0.29) is 0 Å². The Morgan fingerprint density at radius 3 is 2.79 bits per heavy atom. The number of hydrogen-bond donors (Lipinski definition) is 1. The fourth-order valence-electron chi connectivity index (χ4n) is 1.46. The van der Waals surface area contributed by atoms with Crippen molar-refractivity contribution in [1.82, 2.24) is 20.3 Å². The highest BCUT2D eigenvalue weighted by Crippen LogP contribution is 2.31. The molecule has 3 rings (SSSR count). The molecule has 0 atom stereocenters. The summed E-state index contributed by atoms with van der Waals surface area (Å²) >= 11 is 1.44. The number of thiophene rings is 1. The van der Waals surface area contributed by atoms with Gasteiger partial charge in [0.2, 0.25) is 11.7 Å². The maximum atomic E-state index is 5.80. The van der Waals surface area contributed by atoms with Crippen LogP contribution in [0.2, 0.25) is 0 Å². The molecule has 0 unspecified atom stereocenters. The summed E-state index contributed by atoms with van der Waals surface area (Å²) in [5.74, 6) is 1.16. The number of anilines is 1. The van der Waals surface area contributed by atoms with E-state index in [2.05, 4.69) is 20.3 Å². The molecular weight excluding hydrogens is 266 g/mol. The molecule has 0 amide bonds. The first-order valence-corrected chi connectivity index (χ1v) is 6.21. The van der Waals surface area contributed by atoms with Crippen molar-refractivity contribution in [2.75, 3.05) is 12.8 Å². The fraction of sp³-hybridized carbons (Fsp3) is 0.0909. The summed E-state index contributed by atoms with van der Waals surface area (Å²) in [6, 6.07) is 5.17. The van der Waals surface area contributed by atoms with Crippen molar-refractivity contribution in [3.05, 3.63) is 23.6 Å². The summed E-state index contributed by atoms with van der Waals surface area (Å²) in [5.41, 5.74) is 6.91. The highest BCUT2D eigenvalue weighted by atomic mass is 32.1. The highest BCUT2D eigenvalue weighted by molar-refractivity contribution is 7.14. The number of nitrogens with two attached hydrogens (primary N) is 1. The molecule has 8 heteroatoms.